The minimum absolute atomic E-state index is 0.0742. The maximum atomic E-state index is 6.24. The second-order valence-electron chi connectivity index (χ2n) is 6.00. The molecule has 0 saturated heterocycles. The minimum Gasteiger partial charge on any atom is -0.324 e. The highest BCUT2D eigenvalue weighted by Crippen LogP contribution is 2.30. The molecule has 0 amide bonds. The molecule has 0 saturated carbocycles. The normalized spacial score (nSPS) is 14.8. The molecule has 4 heteroatoms. The molecule has 0 aliphatic carbocycles. The zero-order chi connectivity index (χ0) is 15.3. The molecule has 0 bridgehead atoms. The molecule has 0 aromatic heterocycles. The summed E-state index contributed by atoms with van der Waals surface area (Å²) in [6.45, 7) is 7.72. The molecule has 0 aliphatic heterocycles. The van der Waals surface area contributed by atoms with Crippen LogP contribution in [0.5, 0.6) is 0 Å². The summed E-state index contributed by atoms with van der Waals surface area (Å²) in [5.41, 5.74) is 7.18. The van der Waals surface area contributed by atoms with Crippen LogP contribution >= 0.6 is 23.2 Å². The molecule has 2 nitrogen and oxygen atoms in total. The van der Waals surface area contributed by atoms with E-state index in [0.29, 0.717) is 22.0 Å². The molecule has 1 aromatic carbocycles. The van der Waals surface area contributed by atoms with Crippen LogP contribution in [-0.2, 0) is 0 Å². The number of hydrogen-bond acceptors (Lipinski definition) is 2. The molecule has 2 N–H and O–H groups in total. The van der Waals surface area contributed by atoms with Crippen LogP contribution in [0.25, 0.3) is 0 Å². The van der Waals surface area contributed by atoms with Crippen molar-refractivity contribution in [3.8, 4) is 0 Å². The van der Waals surface area contributed by atoms with E-state index in [9.17, 15) is 0 Å². The molecule has 0 aliphatic rings. The Hall–Kier alpha value is -0.280. The van der Waals surface area contributed by atoms with E-state index in [-0.39, 0.29) is 6.04 Å². The van der Waals surface area contributed by atoms with E-state index in [1.165, 1.54) is 6.42 Å². The Morgan fingerprint density at radius 2 is 1.85 bits per heavy atom. The largest absolute Gasteiger partial charge is 0.324 e. The molecule has 0 heterocycles. The van der Waals surface area contributed by atoms with Crippen molar-refractivity contribution in [2.24, 2.45) is 11.7 Å². The molecule has 1 aromatic rings. The average molecular weight is 317 g/mol. The van der Waals surface area contributed by atoms with E-state index in [1.807, 2.05) is 12.1 Å². The van der Waals surface area contributed by atoms with Gasteiger partial charge < -0.3 is 10.6 Å². The number of halogens is 2. The predicted molar refractivity (Wildman–Crippen MR) is 89.6 cm³/mol. The number of rotatable bonds is 7. The summed E-state index contributed by atoms with van der Waals surface area (Å²) in [5, 5.41) is 1.15. The SMILES string of the molecule is CC(C)CC(C)N(C)CCC(N)c1cccc(Cl)c1Cl. The molecule has 2 unspecified atom stereocenters. The van der Waals surface area contributed by atoms with Crippen LogP contribution in [0.15, 0.2) is 18.2 Å². The number of benzene rings is 1. The molecule has 114 valence electrons. The first-order chi connectivity index (χ1) is 9.32. The Balaban J connectivity index is 2.54. The van der Waals surface area contributed by atoms with E-state index in [4.69, 9.17) is 28.9 Å². The van der Waals surface area contributed by atoms with Gasteiger partial charge in [-0.15, -0.1) is 0 Å². The van der Waals surface area contributed by atoms with Gasteiger partial charge in [0.2, 0.25) is 0 Å². The minimum atomic E-state index is -0.0742. The lowest BCUT2D eigenvalue weighted by Gasteiger charge is -2.27. The molecule has 1 rings (SSSR count). The van der Waals surface area contributed by atoms with E-state index in [2.05, 4.69) is 32.7 Å². The van der Waals surface area contributed by atoms with Crippen LogP contribution in [0, 0.1) is 5.92 Å². The maximum Gasteiger partial charge on any atom is 0.0640 e. The van der Waals surface area contributed by atoms with Crippen LogP contribution in [0.1, 0.15) is 45.2 Å². The fourth-order valence-electron chi connectivity index (χ4n) is 2.39. The Kier molecular flexibility index (Phi) is 7.32. The van der Waals surface area contributed by atoms with Crippen molar-refractivity contribution in [1.82, 2.24) is 4.90 Å². The van der Waals surface area contributed by atoms with E-state index < -0.39 is 0 Å². The second-order valence-corrected chi connectivity index (χ2v) is 6.78. The van der Waals surface area contributed by atoms with Gasteiger partial charge in [-0.3, -0.25) is 0 Å². The van der Waals surface area contributed by atoms with Crippen LogP contribution < -0.4 is 5.73 Å². The summed E-state index contributed by atoms with van der Waals surface area (Å²) in [6.07, 6.45) is 2.07. The standard InChI is InChI=1S/C16H26Cl2N2/c1-11(2)10-12(3)20(4)9-8-15(19)13-6-5-7-14(17)16(13)18/h5-7,11-12,15H,8-10,19H2,1-4H3. The molecule has 0 radical (unpaired) electrons. The smallest absolute Gasteiger partial charge is 0.0640 e. The molecule has 0 fully saturated rings. The number of hydrogen-bond donors (Lipinski definition) is 1. The molecular formula is C16H26Cl2N2. The highest BCUT2D eigenvalue weighted by Gasteiger charge is 2.15. The van der Waals surface area contributed by atoms with Crippen LogP contribution in [0.4, 0.5) is 0 Å². The van der Waals surface area contributed by atoms with Gasteiger partial charge in [0.15, 0.2) is 0 Å². The van der Waals surface area contributed by atoms with Crippen LogP contribution in [0.3, 0.4) is 0 Å². The first-order valence-corrected chi connectivity index (χ1v) is 7.98. The van der Waals surface area contributed by atoms with Crippen molar-refractivity contribution >= 4 is 23.2 Å². The average Bonchev–Trinajstić information content (AvgIpc) is 2.37. The lowest BCUT2D eigenvalue weighted by atomic mass is 10.0. The molecular weight excluding hydrogens is 291 g/mol. The highest BCUT2D eigenvalue weighted by atomic mass is 35.5. The highest BCUT2D eigenvalue weighted by molar-refractivity contribution is 6.42. The van der Waals surface area contributed by atoms with Gasteiger partial charge in [-0.25, -0.2) is 0 Å². The molecule has 0 spiro atoms. The fourth-order valence-corrected chi connectivity index (χ4v) is 2.84. The van der Waals surface area contributed by atoms with Crippen LogP contribution in [0.2, 0.25) is 10.0 Å². The fraction of sp³-hybridized carbons (Fsp3) is 0.625. The summed E-state index contributed by atoms with van der Waals surface area (Å²) in [5.74, 6) is 0.712. The summed E-state index contributed by atoms with van der Waals surface area (Å²) in [7, 11) is 2.15. The van der Waals surface area contributed by atoms with E-state index in [0.717, 1.165) is 18.5 Å². The summed E-state index contributed by atoms with van der Waals surface area (Å²) >= 11 is 12.2. The zero-order valence-corrected chi connectivity index (χ0v) is 14.4. The van der Waals surface area contributed by atoms with Gasteiger partial charge in [0.05, 0.1) is 10.0 Å². The van der Waals surface area contributed by atoms with Gasteiger partial charge in [0.1, 0.15) is 0 Å². The van der Waals surface area contributed by atoms with Crippen LogP contribution in [-0.4, -0.2) is 24.5 Å². The third kappa shape index (κ3) is 5.25. The summed E-state index contributed by atoms with van der Waals surface area (Å²) in [4.78, 5) is 2.36. The Labute approximate surface area is 133 Å². The Morgan fingerprint density at radius 1 is 1.20 bits per heavy atom. The van der Waals surface area contributed by atoms with Crippen molar-refractivity contribution in [3.05, 3.63) is 33.8 Å². The quantitative estimate of drug-likeness (QED) is 0.786. The number of nitrogens with zero attached hydrogens (tertiary/aromatic N) is 1. The van der Waals surface area contributed by atoms with Crippen molar-refractivity contribution in [1.29, 1.82) is 0 Å². The van der Waals surface area contributed by atoms with Gasteiger partial charge in [-0.1, -0.05) is 49.2 Å². The van der Waals surface area contributed by atoms with Gasteiger partial charge in [-0.2, -0.15) is 0 Å². The molecule has 20 heavy (non-hydrogen) atoms. The van der Waals surface area contributed by atoms with Gasteiger partial charge >= 0.3 is 0 Å². The van der Waals surface area contributed by atoms with Gasteiger partial charge in [0, 0.05) is 12.1 Å². The lowest BCUT2D eigenvalue weighted by Crippen LogP contribution is -2.32. The maximum absolute atomic E-state index is 6.24. The first kappa shape index (κ1) is 17.8. The van der Waals surface area contributed by atoms with Crippen molar-refractivity contribution in [2.45, 2.75) is 45.7 Å². The first-order valence-electron chi connectivity index (χ1n) is 7.22. The zero-order valence-electron chi connectivity index (χ0n) is 12.9. The summed E-state index contributed by atoms with van der Waals surface area (Å²) in [6, 6.07) is 6.13. The van der Waals surface area contributed by atoms with E-state index in [1.54, 1.807) is 6.07 Å². The van der Waals surface area contributed by atoms with Crippen molar-refractivity contribution < 1.29 is 0 Å². The van der Waals surface area contributed by atoms with E-state index >= 15 is 0 Å². The van der Waals surface area contributed by atoms with Crippen molar-refractivity contribution in [2.75, 3.05) is 13.6 Å². The van der Waals surface area contributed by atoms with Crippen molar-refractivity contribution in [3.63, 3.8) is 0 Å². The monoisotopic (exact) mass is 316 g/mol. The van der Waals surface area contributed by atoms with Gasteiger partial charge in [-0.05, 0) is 50.9 Å². The summed E-state index contributed by atoms with van der Waals surface area (Å²) < 4.78 is 0. The van der Waals surface area contributed by atoms with Gasteiger partial charge in [0.25, 0.3) is 0 Å². The topological polar surface area (TPSA) is 29.3 Å². The Bertz CT molecular complexity index is 421. The Morgan fingerprint density at radius 3 is 2.45 bits per heavy atom. The third-order valence-corrected chi connectivity index (χ3v) is 4.57. The molecule has 2 atom stereocenters. The third-order valence-electron chi connectivity index (χ3n) is 3.74. The second kappa shape index (κ2) is 8.23. The predicted octanol–water partition coefficient (Wildman–Crippen LogP) is 4.75. The number of nitrogens with two attached hydrogens (primary N) is 1. The lowest BCUT2D eigenvalue weighted by molar-refractivity contribution is 0.221.